The smallest absolute Gasteiger partial charge is 0.325 e. The van der Waals surface area contributed by atoms with Gasteiger partial charge in [-0.25, -0.2) is 13.4 Å². The van der Waals surface area contributed by atoms with Gasteiger partial charge in [0.05, 0.1) is 24.5 Å². The summed E-state index contributed by atoms with van der Waals surface area (Å²) in [5.41, 5.74) is 4.94. The summed E-state index contributed by atoms with van der Waals surface area (Å²) in [5.74, 6) is -0.583. The van der Waals surface area contributed by atoms with E-state index in [1.807, 2.05) is 0 Å². The van der Waals surface area contributed by atoms with E-state index in [2.05, 4.69) is 18.5 Å². The number of hydrogen-bond donors (Lipinski definition) is 3. The van der Waals surface area contributed by atoms with E-state index in [-0.39, 0.29) is 0 Å². The lowest BCUT2D eigenvalue weighted by molar-refractivity contribution is -0.250. The van der Waals surface area contributed by atoms with Gasteiger partial charge in [-0.2, -0.15) is 0 Å². The highest BCUT2D eigenvalue weighted by atomic mass is 31.3. The quantitative estimate of drug-likeness (QED) is 0.293. The maximum atomic E-state index is 12.4. The number of rotatable bonds is 9. The third kappa shape index (κ3) is 8.79. The van der Waals surface area contributed by atoms with Crippen LogP contribution >= 0.6 is 23.5 Å². The normalized spacial score (nSPS) is 33.8. The summed E-state index contributed by atoms with van der Waals surface area (Å²) >= 11 is 0. The Bertz CT molecular complexity index is 903. The second-order valence-corrected chi connectivity index (χ2v) is 12.5. The number of hydrogen-bond acceptors (Lipinski definition) is 13. The zero-order valence-electron chi connectivity index (χ0n) is 18.0. The molecular formula is C14H25N3O13P3-3. The maximum absolute atomic E-state index is 12.4. The van der Waals surface area contributed by atoms with Crippen LogP contribution in [0.25, 0.3) is 0 Å². The largest absolute Gasteiger partial charge is 0.756 e. The molecule has 16 nitrogen and oxygen atoms in total. The molecule has 2 rings (SSSR count). The van der Waals surface area contributed by atoms with Gasteiger partial charge in [-0.05, 0) is 26.8 Å². The van der Waals surface area contributed by atoms with Gasteiger partial charge in [0.1, 0.15) is 6.10 Å². The Morgan fingerprint density at radius 2 is 1.82 bits per heavy atom. The van der Waals surface area contributed by atoms with E-state index in [0.717, 1.165) is 4.90 Å². The molecule has 4 N–H and O–H groups in total. The zero-order chi connectivity index (χ0) is 25.4. The van der Waals surface area contributed by atoms with E-state index in [9.17, 15) is 33.2 Å². The average molecular weight is 536 g/mol. The molecule has 0 aliphatic carbocycles. The fourth-order valence-electron chi connectivity index (χ4n) is 3.01. The molecule has 0 spiro atoms. The molecule has 2 heterocycles. The third-order valence-corrected chi connectivity index (χ3v) is 7.93. The van der Waals surface area contributed by atoms with Crippen molar-refractivity contribution in [2.24, 2.45) is 11.7 Å². The Hall–Kier alpha value is -0.700. The monoisotopic (exact) mass is 536 g/mol. The number of carbonyl (C=O) groups excluding carboxylic acids is 1. The molecule has 0 bridgehead atoms. The first kappa shape index (κ1) is 28.5. The van der Waals surface area contributed by atoms with E-state index in [1.54, 1.807) is 27.7 Å². The fraction of sp³-hybridized carbons (Fsp3) is 0.786. The van der Waals surface area contributed by atoms with E-state index in [4.69, 9.17) is 20.1 Å². The van der Waals surface area contributed by atoms with Gasteiger partial charge in [0.25, 0.3) is 23.5 Å². The van der Waals surface area contributed by atoms with E-state index in [1.165, 1.54) is 12.3 Å². The van der Waals surface area contributed by atoms with Gasteiger partial charge in [-0.1, -0.05) is 6.92 Å². The number of phosphoric ester groups is 1. The summed E-state index contributed by atoms with van der Waals surface area (Å²) in [6.45, 7) is 6.10. The molecule has 2 amide bonds. The summed E-state index contributed by atoms with van der Waals surface area (Å²) in [5, 5.41) is 2.47. The first-order chi connectivity index (χ1) is 14.8. The van der Waals surface area contributed by atoms with Crippen LogP contribution in [-0.2, 0) is 36.3 Å². The van der Waals surface area contributed by atoms with Crippen molar-refractivity contribution < 1.29 is 60.7 Å². The minimum absolute atomic E-state index is 0.583. The molecular weight excluding hydrogens is 511 g/mol. The topological polar surface area (TPSA) is 245 Å². The van der Waals surface area contributed by atoms with Crippen LogP contribution in [-0.4, -0.2) is 52.6 Å². The van der Waals surface area contributed by atoms with Crippen LogP contribution in [0.2, 0.25) is 0 Å². The molecule has 33 heavy (non-hydrogen) atoms. The first-order valence-electron chi connectivity index (χ1n) is 9.38. The van der Waals surface area contributed by atoms with E-state index >= 15 is 0 Å². The lowest BCUT2D eigenvalue weighted by atomic mass is 9.99. The van der Waals surface area contributed by atoms with Crippen molar-refractivity contribution in [1.82, 2.24) is 10.2 Å². The predicted molar refractivity (Wildman–Crippen MR) is 103 cm³/mol. The third-order valence-electron chi connectivity index (χ3n) is 4.24. The van der Waals surface area contributed by atoms with Crippen LogP contribution in [0.4, 0.5) is 4.79 Å². The molecule has 0 radical (unpaired) electrons. The van der Waals surface area contributed by atoms with Gasteiger partial charge in [0, 0.05) is 12.1 Å². The Kier molecular flexibility index (Phi) is 8.75. The second kappa shape index (κ2) is 10.1. The standard InChI is InChI=1S/C14H28N3O13P3/c1-8-9(7-26-32(22,23)30-33(24,25)29-31(19,20)21)27-12(11(8)28-14(2,3)4)17-6-5-10(15)16-13(17)18/h5-6,8-12H,7,15H2,1-4H3,(H,16,18)(H,22,23)(H,24,25)(H2,19,20,21)/p-3/t8-,9+,10?,11?,12+/m0/s1. The van der Waals surface area contributed by atoms with Crippen molar-refractivity contribution in [3.8, 4) is 0 Å². The number of amides is 2. The molecule has 0 saturated carbocycles. The number of phosphoric acid groups is 3. The van der Waals surface area contributed by atoms with Crippen LogP contribution in [0.15, 0.2) is 12.3 Å². The summed E-state index contributed by atoms with van der Waals surface area (Å²) in [4.78, 5) is 55.6. The Morgan fingerprint density at radius 1 is 1.21 bits per heavy atom. The number of nitrogens with one attached hydrogen (secondary N) is 1. The highest BCUT2D eigenvalue weighted by Crippen LogP contribution is 2.61. The van der Waals surface area contributed by atoms with Crippen LogP contribution < -0.4 is 25.7 Å². The summed E-state index contributed by atoms with van der Waals surface area (Å²) in [6, 6.07) is -0.598. The van der Waals surface area contributed by atoms with Crippen molar-refractivity contribution in [3.05, 3.63) is 12.3 Å². The molecule has 1 saturated heterocycles. The summed E-state index contributed by atoms with van der Waals surface area (Å²) in [6.07, 6.45) is -0.699. The minimum Gasteiger partial charge on any atom is -0.756 e. The highest BCUT2D eigenvalue weighted by Gasteiger charge is 2.49. The van der Waals surface area contributed by atoms with Crippen LogP contribution in [0.1, 0.15) is 27.7 Å². The van der Waals surface area contributed by atoms with Crippen LogP contribution in [0, 0.1) is 5.92 Å². The van der Waals surface area contributed by atoms with Crippen molar-refractivity contribution in [2.75, 3.05) is 6.61 Å². The molecule has 0 aromatic carbocycles. The molecule has 192 valence electrons. The summed E-state index contributed by atoms with van der Waals surface area (Å²) < 4.78 is 56.8. The fourth-order valence-corrected chi connectivity index (χ4v) is 5.91. The number of urea groups is 1. The van der Waals surface area contributed by atoms with Crippen LogP contribution in [0.3, 0.4) is 0 Å². The molecule has 1 fully saturated rings. The molecule has 19 heteroatoms. The average Bonchev–Trinajstić information content (AvgIpc) is 2.84. The maximum Gasteiger partial charge on any atom is 0.325 e. The van der Waals surface area contributed by atoms with Gasteiger partial charge < -0.3 is 44.6 Å². The van der Waals surface area contributed by atoms with E-state index < -0.39 is 72.2 Å². The van der Waals surface area contributed by atoms with Gasteiger partial charge in [-0.3, -0.25) is 18.6 Å². The number of ether oxygens (including phenoxy) is 2. The summed E-state index contributed by atoms with van der Waals surface area (Å²) in [7, 11) is -17.6. The lowest BCUT2D eigenvalue weighted by Gasteiger charge is -2.36. The van der Waals surface area contributed by atoms with E-state index in [0.29, 0.717) is 0 Å². The number of nitrogens with zero attached hydrogens (tertiary/aromatic N) is 1. The van der Waals surface area contributed by atoms with Crippen molar-refractivity contribution in [1.29, 1.82) is 0 Å². The Labute approximate surface area is 189 Å². The Balaban J connectivity index is 2.14. The minimum atomic E-state index is -6.02. The van der Waals surface area contributed by atoms with Gasteiger partial charge >= 0.3 is 6.03 Å². The SMILES string of the molecule is C[C@@H]1C(OC(C)(C)C)[C@H](N2C=CC(N)NC2=O)O[C@@H]1COP(=O)([O-])OP(=O)([O-])OP(=O)([O-])O. The molecule has 0 aromatic heterocycles. The molecule has 5 unspecified atom stereocenters. The number of nitrogens with two attached hydrogens (primary N) is 1. The Morgan fingerprint density at radius 3 is 2.33 bits per heavy atom. The highest BCUT2D eigenvalue weighted by molar-refractivity contribution is 7.65. The van der Waals surface area contributed by atoms with Gasteiger partial charge in [0.2, 0.25) is 0 Å². The van der Waals surface area contributed by atoms with Gasteiger partial charge in [0.15, 0.2) is 6.23 Å². The van der Waals surface area contributed by atoms with Crippen molar-refractivity contribution in [3.63, 3.8) is 0 Å². The first-order valence-corrected chi connectivity index (χ1v) is 13.8. The predicted octanol–water partition coefficient (Wildman–Crippen LogP) is -1.20. The van der Waals surface area contributed by atoms with Crippen molar-refractivity contribution in [2.45, 2.75) is 57.9 Å². The molecule has 0 aromatic rings. The van der Waals surface area contributed by atoms with Crippen LogP contribution in [0.5, 0.6) is 0 Å². The molecule has 8 atom stereocenters. The lowest BCUT2D eigenvalue weighted by Crippen LogP contribution is -2.55. The van der Waals surface area contributed by atoms with Gasteiger partial charge in [-0.15, -0.1) is 0 Å². The molecule has 2 aliphatic rings. The zero-order valence-corrected chi connectivity index (χ0v) is 20.6. The molecule has 2 aliphatic heterocycles. The van der Waals surface area contributed by atoms with Crippen molar-refractivity contribution >= 4 is 29.5 Å². The number of carbonyl (C=O) groups is 1. The second-order valence-electron chi connectivity index (χ2n) is 8.17.